The fourth-order valence-electron chi connectivity index (χ4n) is 2.15. The Hall–Kier alpha value is -0.900. The van der Waals surface area contributed by atoms with Gasteiger partial charge in [-0.25, -0.2) is 4.39 Å². The van der Waals surface area contributed by atoms with E-state index < -0.39 is 11.9 Å². The van der Waals surface area contributed by atoms with Crippen molar-refractivity contribution in [3.8, 4) is 0 Å². The molecule has 1 atom stereocenters. The normalized spacial score (nSPS) is 12.5. The van der Waals surface area contributed by atoms with Crippen LogP contribution < -0.4 is 0 Å². The summed E-state index contributed by atoms with van der Waals surface area (Å²) in [6.45, 7) is 3.60. The van der Waals surface area contributed by atoms with Crippen LogP contribution in [0, 0.1) is 19.7 Å². The maximum Gasteiger partial charge on any atom is 0.129 e. The quantitative estimate of drug-likeness (QED) is 0.819. The molecule has 1 unspecified atom stereocenters. The predicted octanol–water partition coefficient (Wildman–Crippen LogP) is 4.94. The van der Waals surface area contributed by atoms with E-state index in [1.807, 2.05) is 13.0 Å². The predicted molar refractivity (Wildman–Crippen MR) is 79.1 cm³/mol. The molecule has 2 aromatic rings. The Bertz CT molecular complexity index is 605. The van der Waals surface area contributed by atoms with E-state index in [9.17, 15) is 9.50 Å². The summed E-state index contributed by atoms with van der Waals surface area (Å²) in [5.41, 5.74) is 2.31. The summed E-state index contributed by atoms with van der Waals surface area (Å²) < 4.78 is 14.9. The summed E-state index contributed by atoms with van der Waals surface area (Å²) in [6, 6.07) is 8.40. The average molecular weight is 344 g/mol. The molecule has 1 N–H and O–H groups in total. The number of hydrogen-bond donors (Lipinski definition) is 1. The van der Waals surface area contributed by atoms with Gasteiger partial charge in [-0.15, -0.1) is 0 Å². The number of rotatable bonds is 2. The minimum Gasteiger partial charge on any atom is -0.383 e. The van der Waals surface area contributed by atoms with Gasteiger partial charge in [0.1, 0.15) is 11.9 Å². The molecule has 19 heavy (non-hydrogen) atoms. The first-order valence-corrected chi connectivity index (χ1v) is 6.97. The van der Waals surface area contributed by atoms with Gasteiger partial charge in [-0.3, -0.25) is 0 Å². The number of benzene rings is 2. The minimum absolute atomic E-state index is 0.273. The molecule has 0 aliphatic carbocycles. The first kappa shape index (κ1) is 14.5. The highest BCUT2D eigenvalue weighted by Gasteiger charge is 2.20. The van der Waals surface area contributed by atoms with Gasteiger partial charge in [0, 0.05) is 20.6 Å². The van der Waals surface area contributed by atoms with Crippen LogP contribution in [0.15, 0.2) is 34.8 Å². The van der Waals surface area contributed by atoms with Crippen molar-refractivity contribution in [2.24, 2.45) is 0 Å². The Balaban J connectivity index is 2.53. The molecule has 0 radical (unpaired) electrons. The minimum atomic E-state index is -1.07. The lowest BCUT2D eigenvalue weighted by Gasteiger charge is -2.17. The highest BCUT2D eigenvalue weighted by molar-refractivity contribution is 9.10. The molecule has 4 heteroatoms. The van der Waals surface area contributed by atoms with Crippen LogP contribution in [-0.2, 0) is 0 Å². The zero-order valence-electron chi connectivity index (χ0n) is 10.5. The summed E-state index contributed by atoms with van der Waals surface area (Å²) in [6.07, 6.45) is -1.07. The molecular weight excluding hydrogens is 331 g/mol. The van der Waals surface area contributed by atoms with Gasteiger partial charge >= 0.3 is 0 Å². The molecule has 0 aromatic heterocycles. The highest BCUT2D eigenvalue weighted by Crippen LogP contribution is 2.33. The number of aryl methyl sites for hydroxylation is 2. The van der Waals surface area contributed by atoms with Crippen LogP contribution in [-0.4, -0.2) is 5.11 Å². The van der Waals surface area contributed by atoms with E-state index >= 15 is 0 Å². The van der Waals surface area contributed by atoms with Gasteiger partial charge in [0.05, 0.1) is 0 Å². The maximum absolute atomic E-state index is 14.0. The van der Waals surface area contributed by atoms with Gasteiger partial charge in [0.15, 0.2) is 0 Å². The number of halogens is 3. The zero-order chi connectivity index (χ0) is 14.2. The van der Waals surface area contributed by atoms with Gasteiger partial charge in [-0.2, -0.15) is 0 Å². The van der Waals surface area contributed by atoms with Crippen LogP contribution in [0.2, 0.25) is 5.02 Å². The molecule has 100 valence electrons. The Morgan fingerprint density at radius 3 is 2.47 bits per heavy atom. The van der Waals surface area contributed by atoms with Gasteiger partial charge in [-0.05, 0) is 43.2 Å². The molecule has 0 bridgehead atoms. The van der Waals surface area contributed by atoms with E-state index in [1.54, 1.807) is 25.1 Å². The van der Waals surface area contributed by atoms with Crippen LogP contribution in [0.3, 0.4) is 0 Å². The van der Waals surface area contributed by atoms with Crippen molar-refractivity contribution >= 4 is 27.5 Å². The fourth-order valence-corrected chi connectivity index (χ4v) is 2.93. The maximum atomic E-state index is 14.0. The number of aliphatic hydroxyl groups is 1. The molecular formula is C15H13BrClFO. The molecule has 0 aliphatic rings. The summed E-state index contributed by atoms with van der Waals surface area (Å²) in [5, 5.41) is 10.8. The average Bonchev–Trinajstić information content (AvgIpc) is 2.26. The van der Waals surface area contributed by atoms with E-state index in [2.05, 4.69) is 15.9 Å². The second kappa shape index (κ2) is 5.61. The van der Waals surface area contributed by atoms with Crippen molar-refractivity contribution in [2.45, 2.75) is 20.0 Å². The lowest BCUT2D eigenvalue weighted by Crippen LogP contribution is -2.06. The third kappa shape index (κ3) is 2.99. The summed E-state index contributed by atoms with van der Waals surface area (Å²) in [7, 11) is 0. The fraction of sp³-hybridized carbons (Fsp3) is 0.200. The van der Waals surface area contributed by atoms with Crippen LogP contribution in [0.5, 0.6) is 0 Å². The van der Waals surface area contributed by atoms with Gasteiger partial charge in [-0.1, -0.05) is 39.7 Å². The SMILES string of the molecule is Cc1cc(C)c(C(O)c2ccc(Br)cc2Cl)c(F)c1. The van der Waals surface area contributed by atoms with Crippen LogP contribution in [0.25, 0.3) is 0 Å². The Kier molecular flexibility index (Phi) is 4.29. The summed E-state index contributed by atoms with van der Waals surface area (Å²) in [4.78, 5) is 0. The molecule has 0 saturated heterocycles. The van der Waals surface area contributed by atoms with Crippen LogP contribution in [0.1, 0.15) is 28.4 Å². The summed E-state index contributed by atoms with van der Waals surface area (Å²) in [5.74, 6) is -0.413. The largest absolute Gasteiger partial charge is 0.383 e. The standard InChI is InChI=1S/C15H13BrClFO/c1-8-5-9(2)14(13(18)6-8)15(19)11-4-3-10(16)7-12(11)17/h3-7,15,19H,1-2H3. The number of aliphatic hydroxyl groups excluding tert-OH is 1. The van der Waals surface area contributed by atoms with Gasteiger partial charge in [0.25, 0.3) is 0 Å². The molecule has 0 heterocycles. The zero-order valence-corrected chi connectivity index (χ0v) is 12.9. The third-order valence-corrected chi connectivity index (χ3v) is 3.83. The topological polar surface area (TPSA) is 20.2 Å². The highest BCUT2D eigenvalue weighted by atomic mass is 79.9. The van der Waals surface area contributed by atoms with Crippen LogP contribution in [0.4, 0.5) is 4.39 Å². The van der Waals surface area contributed by atoms with Crippen molar-refractivity contribution in [1.82, 2.24) is 0 Å². The molecule has 0 spiro atoms. The van der Waals surface area contributed by atoms with Crippen molar-refractivity contribution in [3.05, 3.63) is 67.9 Å². The first-order valence-electron chi connectivity index (χ1n) is 5.80. The van der Waals surface area contributed by atoms with Crippen molar-refractivity contribution in [2.75, 3.05) is 0 Å². The van der Waals surface area contributed by atoms with E-state index in [1.165, 1.54) is 6.07 Å². The second-order valence-electron chi connectivity index (χ2n) is 4.55. The number of hydrogen-bond acceptors (Lipinski definition) is 1. The van der Waals surface area contributed by atoms with E-state index in [-0.39, 0.29) is 5.56 Å². The first-order chi connectivity index (χ1) is 8.90. The van der Waals surface area contributed by atoms with Gasteiger partial charge < -0.3 is 5.11 Å². The molecule has 0 aliphatic heterocycles. The molecule has 0 fully saturated rings. The summed E-state index contributed by atoms with van der Waals surface area (Å²) >= 11 is 9.40. The van der Waals surface area contributed by atoms with E-state index in [0.29, 0.717) is 16.1 Å². The van der Waals surface area contributed by atoms with Crippen molar-refractivity contribution in [1.29, 1.82) is 0 Å². The lowest BCUT2D eigenvalue weighted by atomic mass is 9.95. The molecule has 2 aromatic carbocycles. The van der Waals surface area contributed by atoms with E-state index in [0.717, 1.165) is 10.0 Å². The van der Waals surface area contributed by atoms with Crippen LogP contribution >= 0.6 is 27.5 Å². The Labute approximate surface area is 125 Å². The second-order valence-corrected chi connectivity index (χ2v) is 5.87. The van der Waals surface area contributed by atoms with Crippen molar-refractivity contribution in [3.63, 3.8) is 0 Å². The smallest absolute Gasteiger partial charge is 0.129 e. The molecule has 1 nitrogen and oxygen atoms in total. The van der Waals surface area contributed by atoms with Crippen molar-refractivity contribution < 1.29 is 9.50 Å². The van der Waals surface area contributed by atoms with E-state index in [4.69, 9.17) is 11.6 Å². The lowest BCUT2D eigenvalue weighted by molar-refractivity contribution is 0.214. The molecule has 2 rings (SSSR count). The molecule has 0 saturated carbocycles. The third-order valence-electron chi connectivity index (χ3n) is 3.01. The Morgan fingerprint density at radius 1 is 1.21 bits per heavy atom. The molecule has 0 amide bonds. The Morgan fingerprint density at radius 2 is 1.89 bits per heavy atom. The van der Waals surface area contributed by atoms with Gasteiger partial charge in [0.2, 0.25) is 0 Å². The monoisotopic (exact) mass is 342 g/mol.